The predicted octanol–water partition coefficient (Wildman–Crippen LogP) is 5.36. The van der Waals surface area contributed by atoms with Gasteiger partial charge in [-0.25, -0.2) is 13.4 Å². The molecule has 1 amide bonds. The Morgan fingerprint density at radius 2 is 1.71 bits per heavy atom. The summed E-state index contributed by atoms with van der Waals surface area (Å²) in [6, 6.07) is 23.1. The summed E-state index contributed by atoms with van der Waals surface area (Å²) >= 11 is 0. The predicted molar refractivity (Wildman–Crippen MR) is 147 cm³/mol. The number of anilines is 3. The van der Waals surface area contributed by atoms with Crippen LogP contribution in [0.3, 0.4) is 0 Å². The number of pyridine rings is 1. The third kappa shape index (κ3) is 6.29. The van der Waals surface area contributed by atoms with Crippen LogP contribution >= 0.6 is 0 Å². The first-order chi connectivity index (χ1) is 18.3. The van der Waals surface area contributed by atoms with E-state index in [1.165, 1.54) is 6.26 Å². The van der Waals surface area contributed by atoms with E-state index in [1.54, 1.807) is 73.2 Å². The Bertz CT molecular complexity index is 1730. The van der Waals surface area contributed by atoms with E-state index in [9.17, 15) is 13.2 Å². The number of carbonyl (C=O) groups excluding carboxylic acids is 1. The van der Waals surface area contributed by atoms with Crippen molar-refractivity contribution in [2.45, 2.75) is 5.75 Å². The van der Waals surface area contributed by atoms with Gasteiger partial charge in [-0.2, -0.15) is 4.98 Å². The minimum Gasteiger partial charge on any atom is -0.439 e. The van der Waals surface area contributed by atoms with Crippen molar-refractivity contribution in [3.8, 4) is 11.6 Å². The van der Waals surface area contributed by atoms with Crippen LogP contribution in [0.1, 0.15) is 15.9 Å². The standard InChI is InChI=1S/C28H23N5O4S/c1-38(35,36)18-19-4-2-6-22(16-19)32-28-30-15-12-26(33-28)37-23-8-9-24-20(17-23)5-3-7-25(24)27(34)31-21-10-13-29-14-11-21/h2-17H,18H2,1H3,(H,29,31,34)(H,30,32,33). The maximum absolute atomic E-state index is 12.9. The third-order valence-electron chi connectivity index (χ3n) is 5.50. The lowest BCUT2D eigenvalue weighted by molar-refractivity contribution is 0.102. The maximum Gasteiger partial charge on any atom is 0.256 e. The lowest BCUT2D eigenvalue weighted by Crippen LogP contribution is -2.12. The molecule has 2 N–H and O–H groups in total. The molecule has 0 aliphatic rings. The molecule has 0 radical (unpaired) electrons. The summed E-state index contributed by atoms with van der Waals surface area (Å²) in [7, 11) is -3.15. The molecule has 0 bridgehead atoms. The van der Waals surface area contributed by atoms with Gasteiger partial charge in [-0.3, -0.25) is 9.78 Å². The Labute approximate surface area is 219 Å². The fourth-order valence-corrected chi connectivity index (χ4v) is 4.69. The highest BCUT2D eigenvalue weighted by Crippen LogP contribution is 2.28. The first-order valence-corrected chi connectivity index (χ1v) is 13.7. The summed E-state index contributed by atoms with van der Waals surface area (Å²) in [5.74, 6) is 0.892. The van der Waals surface area contributed by atoms with Crippen LogP contribution in [0.25, 0.3) is 10.8 Å². The minimum absolute atomic E-state index is 0.0540. The van der Waals surface area contributed by atoms with Crippen LogP contribution in [0.5, 0.6) is 11.6 Å². The molecule has 10 heteroatoms. The molecule has 0 atom stereocenters. The first kappa shape index (κ1) is 24.8. The van der Waals surface area contributed by atoms with Crippen molar-refractivity contribution >= 4 is 43.8 Å². The smallest absolute Gasteiger partial charge is 0.256 e. The Balaban J connectivity index is 1.32. The van der Waals surface area contributed by atoms with Gasteiger partial charge < -0.3 is 15.4 Å². The monoisotopic (exact) mass is 525 g/mol. The van der Waals surface area contributed by atoms with Crippen molar-refractivity contribution in [2.75, 3.05) is 16.9 Å². The van der Waals surface area contributed by atoms with Gasteiger partial charge >= 0.3 is 0 Å². The first-order valence-electron chi connectivity index (χ1n) is 11.6. The van der Waals surface area contributed by atoms with Crippen molar-refractivity contribution in [2.24, 2.45) is 0 Å². The molecule has 0 spiro atoms. The molecule has 5 aromatic rings. The number of nitrogens with one attached hydrogen (secondary N) is 2. The van der Waals surface area contributed by atoms with E-state index in [4.69, 9.17) is 4.74 Å². The van der Waals surface area contributed by atoms with E-state index < -0.39 is 9.84 Å². The summed E-state index contributed by atoms with van der Waals surface area (Å²) in [5.41, 5.74) is 2.52. The molecule has 0 unspecified atom stereocenters. The maximum atomic E-state index is 12.9. The Morgan fingerprint density at radius 3 is 2.53 bits per heavy atom. The van der Waals surface area contributed by atoms with Crippen LogP contribution in [0.15, 0.2) is 97.5 Å². The Morgan fingerprint density at radius 1 is 0.895 bits per heavy atom. The number of benzene rings is 3. The quantitative estimate of drug-likeness (QED) is 0.278. The number of aromatic nitrogens is 3. The van der Waals surface area contributed by atoms with Crippen molar-refractivity contribution in [1.29, 1.82) is 0 Å². The minimum atomic E-state index is -3.15. The number of amides is 1. The zero-order chi connectivity index (χ0) is 26.5. The van der Waals surface area contributed by atoms with Crippen LogP contribution < -0.4 is 15.4 Å². The normalized spacial score (nSPS) is 11.2. The fourth-order valence-electron chi connectivity index (χ4n) is 3.91. The van der Waals surface area contributed by atoms with Crippen molar-refractivity contribution in [3.05, 3.63) is 109 Å². The molecule has 5 rings (SSSR count). The average Bonchev–Trinajstić information content (AvgIpc) is 2.88. The lowest BCUT2D eigenvalue weighted by Gasteiger charge is -2.11. The van der Waals surface area contributed by atoms with Crippen LogP contribution in [-0.2, 0) is 15.6 Å². The molecule has 3 aromatic carbocycles. The Hall–Kier alpha value is -4.83. The summed E-state index contributed by atoms with van der Waals surface area (Å²) in [5, 5.41) is 7.58. The number of fused-ring (bicyclic) bond motifs is 1. The number of ether oxygens (including phenoxy) is 1. The second-order valence-electron chi connectivity index (χ2n) is 8.59. The Kier molecular flexibility index (Phi) is 6.96. The van der Waals surface area contributed by atoms with Crippen LogP contribution in [0.2, 0.25) is 0 Å². The largest absolute Gasteiger partial charge is 0.439 e. The molecule has 38 heavy (non-hydrogen) atoms. The number of hydrogen-bond donors (Lipinski definition) is 2. The molecule has 0 aliphatic heterocycles. The van der Waals surface area contributed by atoms with E-state index in [0.717, 1.165) is 10.8 Å². The molecule has 0 fully saturated rings. The highest BCUT2D eigenvalue weighted by atomic mass is 32.2. The highest BCUT2D eigenvalue weighted by Gasteiger charge is 2.12. The van der Waals surface area contributed by atoms with Crippen molar-refractivity contribution in [3.63, 3.8) is 0 Å². The zero-order valence-corrected chi connectivity index (χ0v) is 21.1. The van der Waals surface area contributed by atoms with Gasteiger partial charge in [0, 0.05) is 47.9 Å². The molecule has 0 aliphatic carbocycles. The van der Waals surface area contributed by atoms with Gasteiger partial charge in [-0.05, 0) is 64.9 Å². The van der Waals surface area contributed by atoms with Gasteiger partial charge in [-0.1, -0.05) is 24.3 Å². The van der Waals surface area contributed by atoms with Gasteiger partial charge in [0.25, 0.3) is 5.91 Å². The van der Waals surface area contributed by atoms with Gasteiger partial charge in [0.05, 0.1) is 5.75 Å². The molecular formula is C28H23N5O4S. The van der Waals surface area contributed by atoms with E-state index in [1.807, 2.05) is 24.3 Å². The topological polar surface area (TPSA) is 123 Å². The average molecular weight is 526 g/mol. The van der Waals surface area contributed by atoms with Crippen LogP contribution in [0, 0.1) is 0 Å². The van der Waals surface area contributed by atoms with Gasteiger partial charge in [0.2, 0.25) is 11.8 Å². The van der Waals surface area contributed by atoms with E-state index >= 15 is 0 Å². The molecular weight excluding hydrogens is 502 g/mol. The number of hydrogen-bond acceptors (Lipinski definition) is 8. The van der Waals surface area contributed by atoms with Crippen LogP contribution in [0.4, 0.5) is 17.3 Å². The molecule has 9 nitrogen and oxygen atoms in total. The number of nitrogens with zero attached hydrogens (tertiary/aromatic N) is 3. The summed E-state index contributed by atoms with van der Waals surface area (Å²) in [4.78, 5) is 25.5. The molecule has 190 valence electrons. The van der Waals surface area contributed by atoms with Gasteiger partial charge in [0.15, 0.2) is 9.84 Å². The van der Waals surface area contributed by atoms with Gasteiger partial charge in [0.1, 0.15) is 5.75 Å². The van der Waals surface area contributed by atoms with Crippen molar-refractivity contribution in [1.82, 2.24) is 15.0 Å². The van der Waals surface area contributed by atoms with Gasteiger partial charge in [-0.15, -0.1) is 0 Å². The molecule has 0 saturated heterocycles. The molecule has 0 saturated carbocycles. The SMILES string of the molecule is CS(=O)(=O)Cc1cccc(Nc2nccc(Oc3ccc4c(C(=O)Nc5ccncc5)cccc4c3)n2)c1. The molecule has 2 heterocycles. The zero-order valence-electron chi connectivity index (χ0n) is 20.3. The third-order valence-corrected chi connectivity index (χ3v) is 6.36. The number of carbonyl (C=O) groups is 1. The molecule has 2 aromatic heterocycles. The van der Waals surface area contributed by atoms with E-state index in [0.29, 0.717) is 40.1 Å². The fraction of sp³-hybridized carbons (Fsp3) is 0.0714. The second kappa shape index (κ2) is 10.7. The van der Waals surface area contributed by atoms with E-state index in [2.05, 4.69) is 25.6 Å². The van der Waals surface area contributed by atoms with Crippen LogP contribution in [-0.4, -0.2) is 35.5 Å². The highest BCUT2D eigenvalue weighted by molar-refractivity contribution is 7.89. The summed E-state index contributed by atoms with van der Waals surface area (Å²) in [6.45, 7) is 0. The number of rotatable bonds is 8. The lowest BCUT2D eigenvalue weighted by atomic mass is 10.0. The van der Waals surface area contributed by atoms with E-state index in [-0.39, 0.29) is 11.7 Å². The number of sulfone groups is 1. The van der Waals surface area contributed by atoms with Crippen molar-refractivity contribution < 1.29 is 17.9 Å². The summed E-state index contributed by atoms with van der Waals surface area (Å²) in [6.07, 6.45) is 5.99. The summed E-state index contributed by atoms with van der Waals surface area (Å²) < 4.78 is 29.2. The second-order valence-corrected chi connectivity index (χ2v) is 10.7.